The molecule has 3 aromatic rings. The molecule has 3 nitrogen and oxygen atoms in total. The summed E-state index contributed by atoms with van der Waals surface area (Å²) in [5.41, 5.74) is 0.379. The number of halogens is 9. The predicted octanol–water partition coefficient (Wildman–Crippen LogP) is 7.79. The number of nitrogens with zero attached hydrogens (tertiary/aromatic N) is 1. The number of hydrogen-bond acceptors (Lipinski definition) is 3. The number of rotatable bonds is 7. The second-order valence-corrected chi connectivity index (χ2v) is 8.83. The summed E-state index contributed by atoms with van der Waals surface area (Å²) in [6.07, 6.45) is -15.6. The SMILES string of the molecule is FC(F)(F)CCN1CC(Cc2cccc(OC(F)(F)F)c2)(c2cccc(OC(F)(F)F)c2)c2ccccc21. The van der Waals surface area contributed by atoms with Crippen LogP contribution < -0.4 is 14.4 Å². The molecule has 0 radical (unpaired) electrons. The van der Waals surface area contributed by atoms with E-state index in [1.165, 1.54) is 29.2 Å². The third-order valence-electron chi connectivity index (χ3n) is 6.14. The molecule has 1 unspecified atom stereocenters. The summed E-state index contributed by atoms with van der Waals surface area (Å²) < 4.78 is 125. The van der Waals surface area contributed by atoms with E-state index in [2.05, 4.69) is 9.47 Å². The largest absolute Gasteiger partial charge is 0.573 e. The molecule has 0 bridgehead atoms. The van der Waals surface area contributed by atoms with E-state index in [1.54, 1.807) is 24.3 Å². The van der Waals surface area contributed by atoms with Crippen LogP contribution in [0, 0.1) is 0 Å². The minimum absolute atomic E-state index is 0.0446. The molecule has 3 aromatic carbocycles. The fourth-order valence-electron chi connectivity index (χ4n) is 4.80. The number of alkyl halides is 9. The van der Waals surface area contributed by atoms with Crippen LogP contribution in [-0.4, -0.2) is 32.0 Å². The van der Waals surface area contributed by atoms with Gasteiger partial charge in [-0.05, 0) is 53.4 Å². The molecule has 0 aliphatic carbocycles. The van der Waals surface area contributed by atoms with Gasteiger partial charge in [0.1, 0.15) is 11.5 Å². The van der Waals surface area contributed by atoms with Crippen LogP contribution in [0.25, 0.3) is 0 Å². The van der Waals surface area contributed by atoms with Crippen LogP contribution in [0.2, 0.25) is 0 Å². The van der Waals surface area contributed by atoms with Gasteiger partial charge in [0.15, 0.2) is 0 Å². The van der Waals surface area contributed by atoms with Crippen LogP contribution in [0.3, 0.4) is 0 Å². The van der Waals surface area contributed by atoms with Crippen LogP contribution in [-0.2, 0) is 11.8 Å². The van der Waals surface area contributed by atoms with Gasteiger partial charge in [-0.2, -0.15) is 13.2 Å². The number of ether oxygens (including phenoxy) is 2. The maximum Gasteiger partial charge on any atom is 0.573 e. The molecule has 0 N–H and O–H groups in total. The van der Waals surface area contributed by atoms with Crippen molar-refractivity contribution in [1.29, 1.82) is 0 Å². The molecule has 0 saturated heterocycles. The van der Waals surface area contributed by atoms with Gasteiger partial charge in [-0.3, -0.25) is 0 Å². The van der Waals surface area contributed by atoms with E-state index in [0.717, 1.165) is 24.3 Å². The molecular formula is C26H20F9NO2. The summed E-state index contributed by atoms with van der Waals surface area (Å²) in [5.74, 6) is -1.03. The number of anilines is 1. The summed E-state index contributed by atoms with van der Waals surface area (Å²) in [6, 6.07) is 16.7. The van der Waals surface area contributed by atoms with Crippen molar-refractivity contribution in [3.8, 4) is 11.5 Å². The lowest BCUT2D eigenvalue weighted by Crippen LogP contribution is -2.38. The Balaban J connectivity index is 1.82. The Bertz CT molecular complexity index is 1270. The molecule has 4 rings (SSSR count). The van der Waals surface area contributed by atoms with Crippen LogP contribution >= 0.6 is 0 Å². The zero-order valence-electron chi connectivity index (χ0n) is 19.4. The molecule has 204 valence electrons. The van der Waals surface area contributed by atoms with Crippen molar-refractivity contribution >= 4 is 5.69 Å². The Hall–Kier alpha value is -3.57. The fourth-order valence-corrected chi connectivity index (χ4v) is 4.80. The molecule has 0 amide bonds. The van der Waals surface area contributed by atoms with E-state index in [-0.39, 0.29) is 13.0 Å². The van der Waals surface area contributed by atoms with E-state index >= 15 is 0 Å². The van der Waals surface area contributed by atoms with Crippen molar-refractivity contribution in [2.45, 2.75) is 37.2 Å². The van der Waals surface area contributed by atoms with Crippen molar-refractivity contribution in [2.24, 2.45) is 0 Å². The second-order valence-electron chi connectivity index (χ2n) is 8.83. The van der Waals surface area contributed by atoms with Gasteiger partial charge in [-0.25, -0.2) is 0 Å². The van der Waals surface area contributed by atoms with Gasteiger partial charge in [0, 0.05) is 24.2 Å². The minimum atomic E-state index is -4.98. The maximum atomic E-state index is 13.1. The average Bonchev–Trinajstić information content (AvgIpc) is 3.10. The quantitative estimate of drug-likeness (QED) is 0.281. The fraction of sp³-hybridized carbons (Fsp3) is 0.308. The van der Waals surface area contributed by atoms with E-state index in [1.807, 2.05) is 0 Å². The van der Waals surface area contributed by atoms with Gasteiger partial charge in [-0.1, -0.05) is 42.5 Å². The lowest BCUT2D eigenvalue weighted by atomic mass is 9.71. The smallest absolute Gasteiger partial charge is 0.406 e. The summed E-state index contributed by atoms with van der Waals surface area (Å²) in [6.45, 7) is -0.486. The van der Waals surface area contributed by atoms with Crippen LogP contribution in [0.4, 0.5) is 45.2 Å². The van der Waals surface area contributed by atoms with E-state index in [0.29, 0.717) is 22.4 Å². The molecule has 1 aliphatic heterocycles. The Morgan fingerprint density at radius 1 is 0.711 bits per heavy atom. The number of para-hydroxylation sites is 1. The Morgan fingerprint density at radius 2 is 1.32 bits per heavy atom. The van der Waals surface area contributed by atoms with Crippen LogP contribution in [0.5, 0.6) is 11.5 Å². The standard InChI is InChI=1S/C26H20F9NO2/c27-24(28,29)11-12-36-16-23(21-9-1-2-10-22(21)36,18-6-4-8-20(14-18)38-26(33,34)35)15-17-5-3-7-19(13-17)37-25(30,31)32/h1-10,13-14H,11-12,15-16H2. The van der Waals surface area contributed by atoms with Gasteiger partial charge in [-0.15, -0.1) is 26.3 Å². The monoisotopic (exact) mass is 549 g/mol. The predicted molar refractivity (Wildman–Crippen MR) is 120 cm³/mol. The summed E-state index contributed by atoms with van der Waals surface area (Å²) in [5, 5.41) is 0. The van der Waals surface area contributed by atoms with Gasteiger partial charge in [0.05, 0.1) is 6.42 Å². The zero-order valence-corrected chi connectivity index (χ0v) is 19.4. The molecule has 12 heteroatoms. The first-order valence-corrected chi connectivity index (χ1v) is 11.3. The highest BCUT2D eigenvalue weighted by Gasteiger charge is 2.45. The molecular weight excluding hydrogens is 529 g/mol. The van der Waals surface area contributed by atoms with Gasteiger partial charge >= 0.3 is 18.9 Å². The van der Waals surface area contributed by atoms with E-state index in [9.17, 15) is 39.5 Å². The molecule has 1 heterocycles. The van der Waals surface area contributed by atoms with Crippen molar-refractivity contribution in [3.05, 3.63) is 89.5 Å². The zero-order chi connectivity index (χ0) is 27.8. The van der Waals surface area contributed by atoms with Gasteiger partial charge in [0.2, 0.25) is 0 Å². The summed E-state index contributed by atoms with van der Waals surface area (Å²) >= 11 is 0. The first-order chi connectivity index (χ1) is 17.6. The van der Waals surface area contributed by atoms with Crippen molar-refractivity contribution in [1.82, 2.24) is 0 Å². The molecule has 0 aromatic heterocycles. The van der Waals surface area contributed by atoms with Gasteiger partial charge < -0.3 is 14.4 Å². The van der Waals surface area contributed by atoms with Crippen molar-refractivity contribution in [3.63, 3.8) is 0 Å². The van der Waals surface area contributed by atoms with Crippen molar-refractivity contribution < 1.29 is 49.0 Å². The lowest BCUT2D eigenvalue weighted by Gasteiger charge is -2.32. The Morgan fingerprint density at radius 3 is 1.95 bits per heavy atom. The first-order valence-electron chi connectivity index (χ1n) is 11.3. The molecule has 1 aliphatic rings. The van der Waals surface area contributed by atoms with Crippen molar-refractivity contribution in [2.75, 3.05) is 18.0 Å². The molecule has 0 spiro atoms. The molecule has 38 heavy (non-hydrogen) atoms. The minimum Gasteiger partial charge on any atom is -0.406 e. The highest BCUT2D eigenvalue weighted by Crippen LogP contribution is 2.48. The number of fused-ring (bicyclic) bond motifs is 1. The summed E-state index contributed by atoms with van der Waals surface area (Å²) in [4.78, 5) is 1.48. The van der Waals surface area contributed by atoms with Crippen LogP contribution in [0.1, 0.15) is 23.1 Å². The topological polar surface area (TPSA) is 21.7 Å². The summed E-state index contributed by atoms with van der Waals surface area (Å²) in [7, 11) is 0. The second kappa shape index (κ2) is 9.95. The Kier molecular flexibility index (Phi) is 7.19. The average molecular weight is 549 g/mol. The highest BCUT2D eigenvalue weighted by molar-refractivity contribution is 5.67. The van der Waals surface area contributed by atoms with E-state index < -0.39 is 48.8 Å². The lowest BCUT2D eigenvalue weighted by molar-refractivity contribution is -0.275. The first kappa shape index (κ1) is 27.5. The number of benzene rings is 3. The third-order valence-corrected chi connectivity index (χ3v) is 6.14. The molecule has 0 saturated carbocycles. The molecule has 1 atom stereocenters. The molecule has 0 fully saturated rings. The Labute approximate surface area is 211 Å². The van der Waals surface area contributed by atoms with Crippen LogP contribution in [0.15, 0.2) is 72.8 Å². The number of hydrogen-bond donors (Lipinski definition) is 0. The normalized spacial score (nSPS) is 17.9. The van der Waals surface area contributed by atoms with Gasteiger partial charge in [0.25, 0.3) is 0 Å². The van der Waals surface area contributed by atoms with E-state index in [4.69, 9.17) is 0 Å². The highest BCUT2D eigenvalue weighted by atomic mass is 19.4. The third kappa shape index (κ3) is 6.65. The maximum absolute atomic E-state index is 13.1.